The van der Waals surface area contributed by atoms with Gasteiger partial charge in [0.2, 0.25) is 0 Å². The van der Waals surface area contributed by atoms with Crippen molar-refractivity contribution in [3.05, 3.63) is 108 Å². The van der Waals surface area contributed by atoms with Gasteiger partial charge in [-0.25, -0.2) is 0 Å². The second-order valence-corrected chi connectivity index (χ2v) is 8.79. The van der Waals surface area contributed by atoms with E-state index >= 15 is 0 Å². The van der Waals surface area contributed by atoms with Crippen LogP contribution in [-0.2, 0) is 9.31 Å². The third kappa shape index (κ3) is 17.2. The predicted molar refractivity (Wildman–Crippen MR) is 162 cm³/mol. The average molecular weight is 543 g/mol. The van der Waals surface area contributed by atoms with Crippen molar-refractivity contribution in [1.82, 2.24) is 0 Å². The molecule has 194 valence electrons. The summed E-state index contributed by atoms with van der Waals surface area (Å²) in [4.78, 5) is 0. The summed E-state index contributed by atoms with van der Waals surface area (Å²) in [5.41, 5.74) is 3.64. The summed E-state index contributed by atoms with van der Waals surface area (Å²) in [6.45, 7) is 20.4. The van der Waals surface area contributed by atoms with Crippen LogP contribution in [0.25, 0.3) is 0 Å². The van der Waals surface area contributed by atoms with Crippen LogP contribution in [0.3, 0.4) is 0 Å². The van der Waals surface area contributed by atoms with Crippen LogP contribution in [0.2, 0.25) is 6.82 Å². The molecule has 0 unspecified atom stereocenters. The van der Waals surface area contributed by atoms with Gasteiger partial charge in [-0.3, -0.25) is 0 Å². The van der Waals surface area contributed by atoms with E-state index in [0.29, 0.717) is 0 Å². The third-order valence-electron chi connectivity index (χ3n) is 5.19. The maximum atomic E-state index is 5.54. The molecule has 0 atom stereocenters. The zero-order valence-electron chi connectivity index (χ0n) is 23.9. The molecule has 0 radical (unpaired) electrons. The summed E-state index contributed by atoms with van der Waals surface area (Å²) in [6.07, 6.45) is 0. The lowest BCUT2D eigenvalue weighted by Crippen LogP contribution is -2.41. The molecule has 35 heavy (non-hydrogen) atoms. The minimum Gasteiger partial charge on any atom is -0.403 e. The van der Waals surface area contributed by atoms with Crippen molar-refractivity contribution in [2.45, 2.75) is 80.3 Å². The van der Waals surface area contributed by atoms with E-state index in [-0.39, 0.29) is 18.3 Å². The molecule has 1 fully saturated rings. The Morgan fingerprint density at radius 1 is 0.514 bits per heavy atom. The SMILES string of the molecule is CB1OC(C)(C)C(C)(C)O1.CBr.CC.Cc1ccccc1.Cc1ccccc1.Cc1ccccc1. The molecule has 3 aromatic carbocycles. The van der Waals surface area contributed by atoms with E-state index in [1.807, 2.05) is 81.1 Å². The van der Waals surface area contributed by atoms with Gasteiger partial charge in [-0.1, -0.05) is 137 Å². The van der Waals surface area contributed by atoms with Crippen LogP contribution in [-0.4, -0.2) is 24.2 Å². The third-order valence-corrected chi connectivity index (χ3v) is 5.19. The first-order chi connectivity index (χ1) is 16.5. The van der Waals surface area contributed by atoms with Gasteiger partial charge >= 0.3 is 7.12 Å². The van der Waals surface area contributed by atoms with Crippen LogP contribution < -0.4 is 0 Å². The normalized spacial score (nSPS) is 13.9. The topological polar surface area (TPSA) is 18.5 Å². The number of hydrogen-bond donors (Lipinski definition) is 0. The maximum Gasteiger partial charge on any atom is 0.454 e. The van der Waals surface area contributed by atoms with Crippen LogP contribution in [0.4, 0.5) is 0 Å². The Labute approximate surface area is 225 Å². The fourth-order valence-corrected chi connectivity index (χ4v) is 2.74. The van der Waals surface area contributed by atoms with E-state index in [9.17, 15) is 0 Å². The molecule has 1 saturated heterocycles. The summed E-state index contributed by atoms with van der Waals surface area (Å²) < 4.78 is 11.1. The van der Waals surface area contributed by atoms with Crippen molar-refractivity contribution in [1.29, 1.82) is 0 Å². The molecular weight excluding hydrogens is 495 g/mol. The minimum absolute atomic E-state index is 0.0648. The lowest BCUT2D eigenvalue weighted by molar-refractivity contribution is 0.00578. The molecule has 0 aromatic heterocycles. The molecule has 0 saturated carbocycles. The Bertz CT molecular complexity index is 732. The Hall–Kier alpha value is -1.88. The Morgan fingerprint density at radius 2 is 0.714 bits per heavy atom. The molecule has 0 spiro atoms. The van der Waals surface area contributed by atoms with Crippen molar-refractivity contribution in [2.75, 3.05) is 5.83 Å². The van der Waals surface area contributed by atoms with Crippen LogP contribution in [0, 0.1) is 20.8 Å². The molecule has 1 aliphatic heterocycles. The fraction of sp³-hybridized carbons (Fsp3) is 0.419. The lowest BCUT2D eigenvalue weighted by atomic mass is 9.90. The van der Waals surface area contributed by atoms with Gasteiger partial charge < -0.3 is 9.31 Å². The highest BCUT2D eigenvalue weighted by molar-refractivity contribution is 9.08. The van der Waals surface area contributed by atoms with Gasteiger partial charge in [0.15, 0.2) is 0 Å². The summed E-state index contributed by atoms with van der Waals surface area (Å²) in [5.74, 6) is 1.81. The molecule has 2 nitrogen and oxygen atoms in total. The summed E-state index contributed by atoms with van der Waals surface area (Å²) in [6, 6.07) is 30.8. The van der Waals surface area contributed by atoms with Crippen LogP contribution in [0.5, 0.6) is 0 Å². The van der Waals surface area contributed by atoms with E-state index in [4.69, 9.17) is 9.31 Å². The summed E-state index contributed by atoms with van der Waals surface area (Å²) in [5, 5.41) is 0. The number of hydrogen-bond acceptors (Lipinski definition) is 2. The van der Waals surface area contributed by atoms with Gasteiger partial charge in [-0.15, -0.1) is 0 Å². The molecule has 0 aliphatic carbocycles. The van der Waals surface area contributed by atoms with Crippen molar-refractivity contribution >= 4 is 23.0 Å². The lowest BCUT2D eigenvalue weighted by Gasteiger charge is -2.32. The van der Waals surface area contributed by atoms with Crippen molar-refractivity contribution in [2.24, 2.45) is 0 Å². The second kappa shape index (κ2) is 20.3. The highest BCUT2D eigenvalue weighted by Gasteiger charge is 2.48. The number of rotatable bonds is 0. The van der Waals surface area contributed by atoms with E-state index in [0.717, 1.165) is 0 Å². The maximum absolute atomic E-state index is 5.54. The van der Waals surface area contributed by atoms with Crippen molar-refractivity contribution < 1.29 is 9.31 Å². The first-order valence-corrected chi connectivity index (χ1v) is 13.9. The van der Waals surface area contributed by atoms with Crippen molar-refractivity contribution in [3.63, 3.8) is 0 Å². The molecule has 0 N–H and O–H groups in total. The average Bonchev–Trinajstić information content (AvgIpc) is 3.03. The first-order valence-electron chi connectivity index (χ1n) is 12.3. The smallest absolute Gasteiger partial charge is 0.403 e. The van der Waals surface area contributed by atoms with Crippen LogP contribution in [0.1, 0.15) is 58.2 Å². The van der Waals surface area contributed by atoms with E-state index < -0.39 is 0 Å². The molecule has 0 amide bonds. The molecule has 1 aliphatic rings. The number of aryl methyl sites for hydroxylation is 3. The van der Waals surface area contributed by atoms with E-state index in [2.05, 4.69) is 101 Å². The van der Waals surface area contributed by atoms with Gasteiger partial charge in [0.1, 0.15) is 0 Å². The molecule has 4 rings (SSSR count). The van der Waals surface area contributed by atoms with Gasteiger partial charge in [-0.2, -0.15) is 0 Å². The number of halogens is 1. The molecular formula is C31H48BBrO2. The molecule has 4 heteroatoms. The largest absolute Gasteiger partial charge is 0.454 e. The molecule has 0 bridgehead atoms. The summed E-state index contributed by atoms with van der Waals surface area (Å²) >= 11 is 2.94. The zero-order valence-corrected chi connectivity index (χ0v) is 25.5. The number of benzene rings is 3. The van der Waals surface area contributed by atoms with Crippen molar-refractivity contribution in [3.8, 4) is 0 Å². The van der Waals surface area contributed by atoms with Crippen LogP contribution >= 0.6 is 15.9 Å². The standard InChI is InChI=1S/C7H15BO2.3C7H8.C2H6.CH3Br/c1-6(2)7(3,4)10-8(5)9-6;3*1-7-5-3-2-4-6-7;2*1-2/h1-5H3;3*2-6H,1H3;1-2H3;1H3. The van der Waals surface area contributed by atoms with Gasteiger partial charge in [-0.05, 0) is 61.1 Å². The quantitative estimate of drug-likeness (QED) is 0.208. The number of alkyl halides is 1. The van der Waals surface area contributed by atoms with Gasteiger partial charge in [0.05, 0.1) is 11.2 Å². The second-order valence-electron chi connectivity index (χ2n) is 8.79. The van der Waals surface area contributed by atoms with E-state index in [1.54, 1.807) is 0 Å². The summed E-state index contributed by atoms with van der Waals surface area (Å²) in [7, 11) is -0.0648. The molecule has 3 aromatic rings. The Balaban J connectivity index is 0. The highest BCUT2D eigenvalue weighted by atomic mass is 79.9. The van der Waals surface area contributed by atoms with Gasteiger partial charge in [0.25, 0.3) is 0 Å². The Kier molecular flexibility index (Phi) is 20.5. The van der Waals surface area contributed by atoms with E-state index in [1.165, 1.54) is 16.7 Å². The zero-order chi connectivity index (χ0) is 27.3. The monoisotopic (exact) mass is 542 g/mol. The molecule has 1 heterocycles. The van der Waals surface area contributed by atoms with Crippen LogP contribution in [0.15, 0.2) is 91.0 Å². The minimum atomic E-state index is -0.160. The first kappa shape index (κ1) is 35.3. The predicted octanol–water partition coefficient (Wildman–Crippen LogP) is 9.73. The fourth-order valence-electron chi connectivity index (χ4n) is 2.74. The van der Waals surface area contributed by atoms with Gasteiger partial charge in [0, 0.05) is 0 Å². The highest BCUT2D eigenvalue weighted by Crippen LogP contribution is 2.36. The Morgan fingerprint density at radius 3 is 0.800 bits per heavy atom.